The molecule has 5 nitrogen and oxygen atoms in total. The molecule has 3 rings (SSSR count). The Kier molecular flexibility index (Phi) is 3.61. The van der Waals surface area contributed by atoms with Crippen molar-refractivity contribution in [3.63, 3.8) is 0 Å². The Bertz CT molecular complexity index is 383. The molecule has 1 heterocycles. The fourth-order valence-electron chi connectivity index (χ4n) is 2.80. The first-order chi connectivity index (χ1) is 8.86. The average Bonchev–Trinajstić information content (AvgIpc) is 2.92. The molecule has 1 aromatic rings. The van der Waals surface area contributed by atoms with Crippen LogP contribution in [-0.4, -0.2) is 39.3 Å². The van der Waals surface area contributed by atoms with E-state index >= 15 is 0 Å². The molecule has 0 unspecified atom stereocenters. The van der Waals surface area contributed by atoms with E-state index in [-0.39, 0.29) is 6.61 Å². The molecule has 0 aliphatic heterocycles. The number of aliphatic hydroxyl groups is 1. The maximum Gasteiger partial charge on any atom is 0.240 e. The van der Waals surface area contributed by atoms with Crippen LogP contribution in [0.25, 0.3) is 0 Å². The minimum absolute atomic E-state index is 0.195. The van der Waals surface area contributed by atoms with Crippen LogP contribution in [0.3, 0.4) is 0 Å². The van der Waals surface area contributed by atoms with Gasteiger partial charge in [0.25, 0.3) is 0 Å². The van der Waals surface area contributed by atoms with Gasteiger partial charge in [0.1, 0.15) is 0 Å². The number of hydrogen-bond acceptors (Lipinski definition) is 5. The van der Waals surface area contributed by atoms with Gasteiger partial charge in [0, 0.05) is 18.5 Å². The van der Waals surface area contributed by atoms with Crippen LogP contribution in [0, 0.1) is 0 Å². The van der Waals surface area contributed by atoms with Gasteiger partial charge in [0.15, 0.2) is 5.82 Å². The van der Waals surface area contributed by atoms with E-state index in [1.54, 1.807) is 0 Å². The summed E-state index contributed by atoms with van der Waals surface area (Å²) in [6, 6.07) is 0.577. The number of aromatic nitrogens is 2. The maximum atomic E-state index is 9.17. The third-order valence-electron chi connectivity index (χ3n) is 3.99. The Hall–Kier alpha value is -0.940. The van der Waals surface area contributed by atoms with Gasteiger partial charge in [-0.25, -0.2) is 0 Å². The molecule has 0 atom stereocenters. The Morgan fingerprint density at radius 1 is 1.22 bits per heavy atom. The first kappa shape index (κ1) is 12.1. The quantitative estimate of drug-likeness (QED) is 0.833. The van der Waals surface area contributed by atoms with Gasteiger partial charge in [-0.15, -0.1) is 0 Å². The second-order valence-corrected chi connectivity index (χ2v) is 5.45. The van der Waals surface area contributed by atoms with Crippen molar-refractivity contribution in [1.82, 2.24) is 15.0 Å². The minimum Gasteiger partial charge on any atom is -0.395 e. The SMILES string of the molecule is OCCN(Cc1nc(C2CC2)no1)C1CCCC1. The molecule has 0 radical (unpaired) electrons. The summed E-state index contributed by atoms with van der Waals surface area (Å²) in [5, 5.41) is 13.2. The Morgan fingerprint density at radius 2 is 2.00 bits per heavy atom. The molecular weight excluding hydrogens is 230 g/mol. The second-order valence-electron chi connectivity index (χ2n) is 5.45. The van der Waals surface area contributed by atoms with Crippen molar-refractivity contribution in [1.29, 1.82) is 0 Å². The molecule has 5 heteroatoms. The van der Waals surface area contributed by atoms with E-state index in [9.17, 15) is 5.11 Å². The van der Waals surface area contributed by atoms with Gasteiger partial charge in [0.2, 0.25) is 5.89 Å². The van der Waals surface area contributed by atoms with Gasteiger partial charge in [0.05, 0.1) is 13.2 Å². The highest BCUT2D eigenvalue weighted by Crippen LogP contribution is 2.38. The number of aliphatic hydroxyl groups excluding tert-OH is 1. The lowest BCUT2D eigenvalue weighted by Crippen LogP contribution is -2.35. The zero-order chi connectivity index (χ0) is 12.4. The van der Waals surface area contributed by atoms with Gasteiger partial charge in [-0.05, 0) is 25.7 Å². The average molecular weight is 251 g/mol. The first-order valence-electron chi connectivity index (χ1n) is 7.04. The lowest BCUT2D eigenvalue weighted by molar-refractivity contribution is 0.130. The molecule has 2 aliphatic rings. The van der Waals surface area contributed by atoms with E-state index in [1.807, 2.05) is 0 Å². The smallest absolute Gasteiger partial charge is 0.240 e. The van der Waals surface area contributed by atoms with Crippen LogP contribution < -0.4 is 0 Å². The highest BCUT2D eigenvalue weighted by atomic mass is 16.5. The summed E-state index contributed by atoms with van der Waals surface area (Å²) < 4.78 is 5.32. The molecule has 100 valence electrons. The predicted molar refractivity (Wildman–Crippen MR) is 66.0 cm³/mol. The van der Waals surface area contributed by atoms with Crippen LogP contribution in [0.5, 0.6) is 0 Å². The highest BCUT2D eigenvalue weighted by molar-refractivity contribution is 5.03. The minimum atomic E-state index is 0.195. The summed E-state index contributed by atoms with van der Waals surface area (Å²) in [4.78, 5) is 6.75. The van der Waals surface area contributed by atoms with E-state index in [0.29, 0.717) is 30.9 Å². The molecular formula is C13H21N3O2. The second kappa shape index (κ2) is 5.36. The predicted octanol–water partition coefficient (Wildman–Crippen LogP) is 1.68. The number of nitrogens with zero attached hydrogens (tertiary/aromatic N) is 3. The van der Waals surface area contributed by atoms with E-state index in [1.165, 1.54) is 38.5 Å². The topological polar surface area (TPSA) is 62.4 Å². The molecule has 0 spiro atoms. The number of rotatable bonds is 6. The Morgan fingerprint density at radius 3 is 2.67 bits per heavy atom. The third-order valence-corrected chi connectivity index (χ3v) is 3.99. The molecule has 1 N–H and O–H groups in total. The third kappa shape index (κ3) is 2.72. The van der Waals surface area contributed by atoms with Gasteiger partial charge in [-0.2, -0.15) is 4.98 Å². The molecule has 18 heavy (non-hydrogen) atoms. The molecule has 0 bridgehead atoms. The van der Waals surface area contributed by atoms with Crippen LogP contribution in [0.1, 0.15) is 56.2 Å². The molecule has 0 aromatic carbocycles. The van der Waals surface area contributed by atoms with Gasteiger partial charge in [-0.1, -0.05) is 18.0 Å². The molecule has 0 saturated heterocycles. The normalized spacial score (nSPS) is 21.0. The van der Waals surface area contributed by atoms with Crippen molar-refractivity contribution >= 4 is 0 Å². The fourth-order valence-corrected chi connectivity index (χ4v) is 2.80. The van der Waals surface area contributed by atoms with Crippen molar-refractivity contribution in [2.24, 2.45) is 0 Å². The van der Waals surface area contributed by atoms with Crippen molar-refractivity contribution in [3.8, 4) is 0 Å². The molecule has 0 amide bonds. The van der Waals surface area contributed by atoms with Crippen molar-refractivity contribution in [2.45, 2.75) is 57.0 Å². The van der Waals surface area contributed by atoms with E-state index in [0.717, 1.165) is 5.82 Å². The molecule has 2 aliphatic carbocycles. The molecule has 2 fully saturated rings. The summed E-state index contributed by atoms with van der Waals surface area (Å²) >= 11 is 0. The number of hydrogen-bond donors (Lipinski definition) is 1. The van der Waals surface area contributed by atoms with Gasteiger partial charge in [-0.3, -0.25) is 4.90 Å². The van der Waals surface area contributed by atoms with Crippen molar-refractivity contribution in [2.75, 3.05) is 13.2 Å². The zero-order valence-corrected chi connectivity index (χ0v) is 10.7. The lowest BCUT2D eigenvalue weighted by Gasteiger charge is -2.26. The van der Waals surface area contributed by atoms with Gasteiger partial charge < -0.3 is 9.63 Å². The van der Waals surface area contributed by atoms with Crippen LogP contribution in [-0.2, 0) is 6.54 Å². The Labute approximate surface area is 107 Å². The zero-order valence-electron chi connectivity index (χ0n) is 10.7. The standard InChI is InChI=1S/C13H21N3O2/c17-8-7-16(11-3-1-2-4-11)9-12-14-13(15-18-12)10-5-6-10/h10-11,17H,1-9H2. The molecule has 2 saturated carbocycles. The first-order valence-corrected chi connectivity index (χ1v) is 7.04. The van der Waals surface area contributed by atoms with Crippen LogP contribution in [0.2, 0.25) is 0 Å². The summed E-state index contributed by atoms with van der Waals surface area (Å²) in [6.07, 6.45) is 7.44. The highest BCUT2D eigenvalue weighted by Gasteiger charge is 2.30. The fraction of sp³-hybridized carbons (Fsp3) is 0.846. The van der Waals surface area contributed by atoms with E-state index in [4.69, 9.17) is 4.52 Å². The maximum absolute atomic E-state index is 9.17. The summed E-state index contributed by atoms with van der Waals surface area (Å²) in [5.41, 5.74) is 0. The van der Waals surface area contributed by atoms with E-state index < -0.39 is 0 Å². The van der Waals surface area contributed by atoms with Crippen LogP contribution in [0.15, 0.2) is 4.52 Å². The summed E-state index contributed by atoms with van der Waals surface area (Å²) in [6.45, 7) is 1.58. The van der Waals surface area contributed by atoms with Crippen molar-refractivity contribution in [3.05, 3.63) is 11.7 Å². The lowest BCUT2D eigenvalue weighted by atomic mass is 10.2. The van der Waals surface area contributed by atoms with E-state index in [2.05, 4.69) is 15.0 Å². The Balaban J connectivity index is 1.62. The van der Waals surface area contributed by atoms with Crippen LogP contribution >= 0.6 is 0 Å². The largest absolute Gasteiger partial charge is 0.395 e. The summed E-state index contributed by atoms with van der Waals surface area (Å²) in [5.74, 6) is 2.12. The van der Waals surface area contributed by atoms with Crippen molar-refractivity contribution < 1.29 is 9.63 Å². The molecule has 1 aromatic heterocycles. The van der Waals surface area contributed by atoms with Gasteiger partial charge >= 0.3 is 0 Å². The van der Waals surface area contributed by atoms with Crippen LogP contribution in [0.4, 0.5) is 0 Å². The monoisotopic (exact) mass is 251 g/mol. The summed E-state index contributed by atoms with van der Waals surface area (Å²) in [7, 11) is 0.